The van der Waals surface area contributed by atoms with Crippen LogP contribution in [0.1, 0.15) is 46.5 Å². The van der Waals surface area contributed by atoms with Crippen LogP contribution in [0.2, 0.25) is 0 Å². The summed E-state index contributed by atoms with van der Waals surface area (Å²) in [4.78, 5) is 10.1. The van der Waals surface area contributed by atoms with E-state index < -0.39 is 0 Å². The maximum atomic E-state index is 4.95. The number of anilines is 1. The molecule has 2 fully saturated rings. The Morgan fingerprint density at radius 3 is 2.68 bits per heavy atom. The highest BCUT2D eigenvalue weighted by Crippen LogP contribution is 2.25. The van der Waals surface area contributed by atoms with E-state index in [4.69, 9.17) is 4.99 Å². The first kappa shape index (κ1) is 23.7. The maximum absolute atomic E-state index is 4.95. The third-order valence-corrected chi connectivity index (χ3v) is 6.72. The molecule has 7 heteroatoms. The van der Waals surface area contributed by atoms with Gasteiger partial charge < -0.3 is 20.4 Å². The van der Waals surface area contributed by atoms with Gasteiger partial charge in [0.05, 0.1) is 5.00 Å². The molecule has 1 aromatic heterocycles. The molecule has 0 spiro atoms. The van der Waals surface area contributed by atoms with Crippen molar-refractivity contribution >= 4 is 46.3 Å². The topological polar surface area (TPSA) is 42.9 Å². The lowest BCUT2D eigenvalue weighted by Crippen LogP contribution is -2.49. The van der Waals surface area contributed by atoms with E-state index in [1.165, 1.54) is 43.8 Å². The molecule has 160 valence electrons. The van der Waals surface area contributed by atoms with Gasteiger partial charge in [-0.3, -0.25) is 4.99 Å². The molecule has 0 aromatic carbocycles. The summed E-state index contributed by atoms with van der Waals surface area (Å²) in [6.07, 6.45) is 4.97. The molecule has 3 rings (SSSR count). The number of piperidine rings is 2. The molecule has 2 aliphatic heterocycles. The van der Waals surface area contributed by atoms with Crippen LogP contribution in [0, 0.1) is 5.92 Å². The van der Waals surface area contributed by atoms with Crippen molar-refractivity contribution in [1.82, 2.24) is 15.5 Å². The second-order valence-corrected chi connectivity index (χ2v) is 9.10. The molecule has 0 amide bonds. The molecule has 1 aromatic rings. The van der Waals surface area contributed by atoms with Crippen molar-refractivity contribution in [3.05, 3.63) is 17.5 Å². The zero-order chi connectivity index (χ0) is 19.1. The van der Waals surface area contributed by atoms with Gasteiger partial charge in [0, 0.05) is 44.8 Å². The first-order valence-electron chi connectivity index (χ1n) is 10.7. The van der Waals surface area contributed by atoms with Crippen LogP contribution in [0.3, 0.4) is 0 Å². The standard InChI is InChI=1S/C21H37N5S.HI/c1-4-22-21(23-15-18-7-5-11-26(16-18)17(2)3)24-19-9-12-25(13-10-19)20-8-6-14-27-20;/h6,8,14,17-19H,4-5,7,9-13,15-16H2,1-3H3,(H2,22,23,24);1H. The van der Waals surface area contributed by atoms with Crippen molar-refractivity contribution < 1.29 is 0 Å². The van der Waals surface area contributed by atoms with Gasteiger partial charge in [-0.15, -0.1) is 35.3 Å². The van der Waals surface area contributed by atoms with Gasteiger partial charge in [0.2, 0.25) is 0 Å². The van der Waals surface area contributed by atoms with Crippen molar-refractivity contribution in [3.8, 4) is 0 Å². The monoisotopic (exact) mass is 519 g/mol. The van der Waals surface area contributed by atoms with Crippen molar-refractivity contribution in [2.45, 2.75) is 58.5 Å². The molecular formula is C21H38IN5S. The smallest absolute Gasteiger partial charge is 0.191 e. The summed E-state index contributed by atoms with van der Waals surface area (Å²) in [5.41, 5.74) is 0. The van der Waals surface area contributed by atoms with Gasteiger partial charge in [-0.25, -0.2) is 0 Å². The third-order valence-electron chi connectivity index (χ3n) is 5.79. The van der Waals surface area contributed by atoms with Gasteiger partial charge in [-0.1, -0.05) is 0 Å². The van der Waals surface area contributed by atoms with E-state index in [0.717, 1.165) is 32.1 Å². The number of likely N-dealkylation sites (tertiary alicyclic amines) is 1. The molecule has 5 nitrogen and oxygen atoms in total. The lowest BCUT2D eigenvalue weighted by molar-refractivity contribution is 0.143. The summed E-state index contributed by atoms with van der Waals surface area (Å²) in [5, 5.41) is 10.7. The van der Waals surface area contributed by atoms with Crippen LogP contribution in [0.5, 0.6) is 0 Å². The summed E-state index contributed by atoms with van der Waals surface area (Å²) < 4.78 is 0. The Morgan fingerprint density at radius 2 is 2.04 bits per heavy atom. The fourth-order valence-electron chi connectivity index (χ4n) is 4.14. The van der Waals surface area contributed by atoms with Crippen molar-refractivity contribution in [2.75, 3.05) is 44.2 Å². The van der Waals surface area contributed by atoms with Gasteiger partial charge in [-0.05, 0) is 76.4 Å². The summed E-state index contributed by atoms with van der Waals surface area (Å²) in [6.45, 7) is 13.3. The Hall–Kier alpha value is -0.540. The minimum atomic E-state index is 0. The van der Waals surface area contributed by atoms with Crippen LogP contribution in [-0.2, 0) is 0 Å². The van der Waals surface area contributed by atoms with E-state index in [1.54, 1.807) is 0 Å². The summed E-state index contributed by atoms with van der Waals surface area (Å²) >= 11 is 1.84. The molecule has 3 heterocycles. The van der Waals surface area contributed by atoms with E-state index in [0.29, 0.717) is 18.0 Å². The Morgan fingerprint density at radius 1 is 1.25 bits per heavy atom. The number of halogens is 1. The summed E-state index contributed by atoms with van der Waals surface area (Å²) in [6, 6.07) is 5.55. The molecule has 0 bridgehead atoms. The fraction of sp³-hybridized carbons (Fsp3) is 0.762. The molecule has 1 unspecified atom stereocenters. The van der Waals surface area contributed by atoms with Gasteiger partial charge in [-0.2, -0.15) is 0 Å². The van der Waals surface area contributed by atoms with Gasteiger partial charge in [0.25, 0.3) is 0 Å². The third kappa shape index (κ3) is 7.06. The summed E-state index contributed by atoms with van der Waals surface area (Å²) in [7, 11) is 0. The summed E-state index contributed by atoms with van der Waals surface area (Å²) in [5.74, 6) is 1.70. The molecular weight excluding hydrogens is 481 g/mol. The van der Waals surface area contributed by atoms with Crippen LogP contribution in [0.15, 0.2) is 22.5 Å². The highest BCUT2D eigenvalue weighted by atomic mass is 127. The number of guanidine groups is 1. The second kappa shape index (κ2) is 12.2. The molecule has 0 aliphatic carbocycles. The largest absolute Gasteiger partial charge is 0.363 e. The molecule has 0 saturated carbocycles. The highest BCUT2D eigenvalue weighted by molar-refractivity contribution is 14.0. The minimum Gasteiger partial charge on any atom is -0.363 e. The highest BCUT2D eigenvalue weighted by Gasteiger charge is 2.23. The molecule has 0 radical (unpaired) electrons. The lowest BCUT2D eigenvalue weighted by Gasteiger charge is -2.35. The number of nitrogens with zero attached hydrogens (tertiary/aromatic N) is 3. The lowest BCUT2D eigenvalue weighted by atomic mass is 9.97. The van der Waals surface area contributed by atoms with E-state index >= 15 is 0 Å². The number of thiophene rings is 1. The SMILES string of the molecule is CCNC(=NCC1CCCN(C(C)C)C1)NC1CCN(c2cccs2)CC1.I. The quantitative estimate of drug-likeness (QED) is 0.339. The minimum absolute atomic E-state index is 0. The van der Waals surface area contributed by atoms with Crippen LogP contribution < -0.4 is 15.5 Å². The molecule has 2 aliphatic rings. The number of aliphatic imine (C=N–C) groups is 1. The van der Waals surface area contributed by atoms with Crippen molar-refractivity contribution in [1.29, 1.82) is 0 Å². The zero-order valence-corrected chi connectivity index (χ0v) is 20.8. The van der Waals surface area contributed by atoms with Crippen molar-refractivity contribution in [3.63, 3.8) is 0 Å². The second-order valence-electron chi connectivity index (χ2n) is 8.17. The van der Waals surface area contributed by atoms with Gasteiger partial charge in [0.1, 0.15) is 0 Å². The van der Waals surface area contributed by atoms with Crippen LogP contribution in [-0.4, -0.2) is 62.2 Å². The molecule has 28 heavy (non-hydrogen) atoms. The Labute approximate surface area is 192 Å². The number of nitrogens with one attached hydrogen (secondary N) is 2. The number of rotatable bonds is 6. The average Bonchev–Trinajstić information content (AvgIpc) is 3.22. The Balaban J connectivity index is 0.00000280. The van der Waals surface area contributed by atoms with Crippen LogP contribution >= 0.6 is 35.3 Å². The molecule has 2 N–H and O–H groups in total. The average molecular weight is 520 g/mol. The van der Waals surface area contributed by atoms with E-state index in [9.17, 15) is 0 Å². The number of hydrogen-bond acceptors (Lipinski definition) is 4. The zero-order valence-electron chi connectivity index (χ0n) is 17.7. The van der Waals surface area contributed by atoms with E-state index in [1.807, 2.05) is 11.3 Å². The Bertz CT molecular complexity index is 569. The van der Waals surface area contributed by atoms with E-state index in [-0.39, 0.29) is 24.0 Å². The van der Waals surface area contributed by atoms with Crippen LogP contribution in [0.25, 0.3) is 0 Å². The van der Waals surface area contributed by atoms with E-state index in [2.05, 4.69) is 58.7 Å². The number of hydrogen-bond donors (Lipinski definition) is 2. The predicted molar refractivity (Wildman–Crippen MR) is 134 cm³/mol. The normalized spacial score (nSPS) is 22.2. The first-order valence-corrected chi connectivity index (χ1v) is 11.6. The maximum Gasteiger partial charge on any atom is 0.191 e. The van der Waals surface area contributed by atoms with Gasteiger partial charge in [0.15, 0.2) is 5.96 Å². The van der Waals surface area contributed by atoms with Crippen LogP contribution in [0.4, 0.5) is 5.00 Å². The van der Waals surface area contributed by atoms with Crippen molar-refractivity contribution in [2.24, 2.45) is 10.9 Å². The predicted octanol–water partition coefficient (Wildman–Crippen LogP) is 4.01. The van der Waals surface area contributed by atoms with Gasteiger partial charge >= 0.3 is 0 Å². The first-order chi connectivity index (χ1) is 13.2. The molecule has 2 saturated heterocycles. The molecule has 1 atom stereocenters. The fourth-order valence-corrected chi connectivity index (χ4v) is 4.93. The Kier molecular flexibility index (Phi) is 10.4.